The summed E-state index contributed by atoms with van der Waals surface area (Å²) >= 11 is 0. The van der Waals surface area contributed by atoms with E-state index in [0.29, 0.717) is 19.5 Å². The first-order chi connectivity index (χ1) is 18.5. The van der Waals surface area contributed by atoms with Crippen LogP contribution in [-0.2, 0) is 14.4 Å². The van der Waals surface area contributed by atoms with E-state index >= 15 is 0 Å². The van der Waals surface area contributed by atoms with Crippen molar-refractivity contribution in [2.45, 2.75) is 99.8 Å². The molecule has 3 saturated carbocycles. The normalized spacial score (nSPS) is 45.4. The summed E-state index contributed by atoms with van der Waals surface area (Å²) in [5, 5.41) is 11.8. The number of rotatable bonds is 2. The van der Waals surface area contributed by atoms with Gasteiger partial charge < -0.3 is 0 Å². The highest BCUT2D eigenvalue weighted by atomic mass is 16.2. The van der Waals surface area contributed by atoms with E-state index in [1.54, 1.807) is 0 Å². The second-order valence-electron chi connectivity index (χ2n) is 16.3. The number of nitrogens with zero attached hydrogens (tertiary/aromatic N) is 2. The van der Waals surface area contributed by atoms with Gasteiger partial charge in [-0.05, 0) is 84.5 Å². The predicted octanol–water partition coefficient (Wildman–Crippen LogP) is 5.94. The van der Waals surface area contributed by atoms with E-state index in [9.17, 15) is 19.6 Å². The number of fused-ring (bicyclic) bond motifs is 7. The summed E-state index contributed by atoms with van der Waals surface area (Å²) in [4.78, 5) is 40.6. The second kappa shape index (κ2) is 8.40. The maximum Gasteiger partial charge on any atom is 0.238 e. The van der Waals surface area contributed by atoms with Crippen molar-refractivity contribution in [3.05, 3.63) is 23.3 Å². The minimum Gasteiger partial charge on any atom is -0.295 e. The molecule has 1 amide bonds. The van der Waals surface area contributed by atoms with Gasteiger partial charge in [0.15, 0.2) is 11.6 Å². The number of nitrogens with one attached hydrogen (secondary N) is 1. The number of amides is 1. The highest BCUT2D eigenvalue weighted by molar-refractivity contribution is 6.04. The quantitative estimate of drug-likeness (QED) is 0.464. The standard InChI is InChI=1S/C34H47N3O3/c1-29(2)11-13-34(20-37-26(39)9-15-36-37)14-12-33(7)27(22(34)18-29)23(38)16-25-31(5)17-21(19-35)28(40)30(3,4)24(31)8-10-32(25,33)6/h16-17,22,24,27,36H,8-15,18,20H2,1-7H3/t22?,24?,27-,31-,32+,33+,34+/m0/s1. The Labute approximate surface area is 240 Å². The van der Waals surface area contributed by atoms with Crippen LogP contribution in [0.4, 0.5) is 0 Å². The molecule has 1 heterocycles. The monoisotopic (exact) mass is 545 g/mol. The van der Waals surface area contributed by atoms with E-state index in [-0.39, 0.29) is 62.5 Å². The molecule has 6 aliphatic rings. The molecule has 0 aromatic rings. The van der Waals surface area contributed by atoms with E-state index in [1.165, 1.54) is 0 Å². The van der Waals surface area contributed by atoms with Crippen molar-refractivity contribution < 1.29 is 14.4 Å². The van der Waals surface area contributed by atoms with Gasteiger partial charge in [0.2, 0.25) is 5.91 Å². The summed E-state index contributed by atoms with van der Waals surface area (Å²) in [6, 6.07) is 2.20. The molecule has 1 saturated heterocycles. The molecule has 6 rings (SSSR count). The maximum atomic E-state index is 14.6. The van der Waals surface area contributed by atoms with Crippen LogP contribution in [0.25, 0.3) is 0 Å². The number of ketones is 2. The van der Waals surface area contributed by atoms with Crippen molar-refractivity contribution in [2.24, 2.45) is 50.2 Å². The van der Waals surface area contributed by atoms with Crippen molar-refractivity contribution in [1.29, 1.82) is 5.26 Å². The van der Waals surface area contributed by atoms with Crippen LogP contribution in [0.1, 0.15) is 99.8 Å². The lowest BCUT2D eigenvalue weighted by Crippen LogP contribution is -2.66. The Morgan fingerprint density at radius 1 is 1.00 bits per heavy atom. The molecule has 0 spiro atoms. The lowest BCUT2D eigenvalue weighted by Gasteiger charge is -2.69. The Hall–Kier alpha value is -2.26. The first-order valence-electron chi connectivity index (χ1n) is 15.5. The molecular formula is C34H47N3O3. The highest BCUT2D eigenvalue weighted by Crippen LogP contribution is 2.74. The SMILES string of the molecule is CC1(C)CC[C@]2(CN3NCCC3=O)CC[C@]3(C)[C@H](C(=O)C=C4[C@@]5(C)C=C(C#N)C(=O)C(C)(C)C5CC[C@]43C)C2C1. The Kier molecular flexibility index (Phi) is 5.86. The maximum absolute atomic E-state index is 14.6. The fraction of sp³-hybridized carbons (Fsp3) is 0.765. The number of hydrogen-bond acceptors (Lipinski definition) is 5. The summed E-state index contributed by atoms with van der Waals surface area (Å²) in [6.45, 7) is 17.0. The zero-order valence-corrected chi connectivity index (χ0v) is 25.6. The summed E-state index contributed by atoms with van der Waals surface area (Å²) in [7, 11) is 0. The smallest absolute Gasteiger partial charge is 0.238 e. The molecule has 0 radical (unpaired) electrons. The van der Waals surface area contributed by atoms with Crippen LogP contribution in [0.15, 0.2) is 23.3 Å². The topological polar surface area (TPSA) is 90.3 Å². The Morgan fingerprint density at radius 2 is 1.70 bits per heavy atom. The molecule has 0 aromatic carbocycles. The van der Waals surface area contributed by atoms with Gasteiger partial charge in [0.05, 0.1) is 5.57 Å². The summed E-state index contributed by atoms with van der Waals surface area (Å²) in [5.41, 5.74) is 3.23. The third kappa shape index (κ3) is 3.45. The van der Waals surface area contributed by atoms with Gasteiger partial charge >= 0.3 is 0 Å². The van der Waals surface area contributed by atoms with Crippen molar-refractivity contribution in [2.75, 3.05) is 13.1 Å². The molecule has 1 aliphatic heterocycles. The van der Waals surface area contributed by atoms with E-state index in [4.69, 9.17) is 0 Å². The fourth-order valence-corrected chi connectivity index (χ4v) is 11.0. The molecule has 4 fully saturated rings. The van der Waals surface area contributed by atoms with Gasteiger partial charge in [0.1, 0.15) is 6.07 Å². The Bertz CT molecular complexity index is 1300. The number of hydrazine groups is 1. The van der Waals surface area contributed by atoms with Gasteiger partial charge in [-0.15, -0.1) is 0 Å². The van der Waals surface area contributed by atoms with Crippen molar-refractivity contribution in [3.63, 3.8) is 0 Å². The molecule has 5 aliphatic carbocycles. The molecule has 6 heteroatoms. The van der Waals surface area contributed by atoms with Gasteiger partial charge in [0, 0.05) is 36.3 Å². The first kappa shape index (κ1) is 27.9. The summed E-state index contributed by atoms with van der Waals surface area (Å²) in [6.07, 6.45) is 11.4. The minimum absolute atomic E-state index is 0.0559. The van der Waals surface area contributed by atoms with Crippen LogP contribution in [0.3, 0.4) is 0 Å². The lowest BCUT2D eigenvalue weighted by atomic mass is 9.34. The lowest BCUT2D eigenvalue weighted by molar-refractivity contribution is -0.176. The molecule has 0 bridgehead atoms. The van der Waals surface area contributed by atoms with Crippen molar-refractivity contribution in [1.82, 2.24) is 10.4 Å². The third-order valence-corrected chi connectivity index (χ3v) is 13.5. The van der Waals surface area contributed by atoms with E-state index in [0.717, 1.165) is 50.5 Å². The van der Waals surface area contributed by atoms with E-state index in [2.05, 4.69) is 46.1 Å². The molecule has 216 valence electrons. The third-order valence-electron chi connectivity index (χ3n) is 13.5. The summed E-state index contributed by atoms with van der Waals surface area (Å²) in [5.74, 6) is 0.518. The molecule has 7 atom stereocenters. The Balaban J connectivity index is 1.48. The first-order valence-corrected chi connectivity index (χ1v) is 15.5. The predicted molar refractivity (Wildman–Crippen MR) is 153 cm³/mol. The van der Waals surface area contributed by atoms with Crippen molar-refractivity contribution >= 4 is 17.5 Å². The van der Waals surface area contributed by atoms with E-state index in [1.807, 2.05) is 31.0 Å². The largest absolute Gasteiger partial charge is 0.295 e. The summed E-state index contributed by atoms with van der Waals surface area (Å²) < 4.78 is 0. The number of nitriles is 1. The van der Waals surface area contributed by atoms with Gasteiger partial charge in [0.25, 0.3) is 0 Å². The average molecular weight is 546 g/mol. The molecule has 2 unspecified atom stereocenters. The average Bonchev–Trinajstić information content (AvgIpc) is 3.27. The fourth-order valence-electron chi connectivity index (χ4n) is 11.0. The minimum atomic E-state index is -0.651. The molecular weight excluding hydrogens is 498 g/mol. The van der Waals surface area contributed by atoms with Crippen LogP contribution in [0, 0.1) is 61.6 Å². The Morgan fingerprint density at radius 3 is 2.35 bits per heavy atom. The van der Waals surface area contributed by atoms with Gasteiger partial charge in [-0.3, -0.25) is 19.4 Å². The molecule has 6 nitrogen and oxygen atoms in total. The number of allylic oxidation sites excluding steroid dienone is 4. The highest BCUT2D eigenvalue weighted by Gasteiger charge is 2.70. The van der Waals surface area contributed by atoms with Crippen molar-refractivity contribution in [3.8, 4) is 6.07 Å². The number of carbonyl (C=O) groups is 3. The zero-order valence-electron chi connectivity index (χ0n) is 25.6. The second-order valence-corrected chi connectivity index (χ2v) is 16.3. The van der Waals surface area contributed by atoms with Crippen LogP contribution in [0.2, 0.25) is 0 Å². The van der Waals surface area contributed by atoms with Crippen LogP contribution < -0.4 is 5.43 Å². The van der Waals surface area contributed by atoms with Crippen LogP contribution >= 0.6 is 0 Å². The number of carbonyl (C=O) groups excluding carboxylic acids is 3. The zero-order chi connectivity index (χ0) is 29.1. The number of Topliss-reactive ketones (excluding diaryl/α,β-unsaturated/α-hetero) is 1. The number of hydrogen-bond donors (Lipinski definition) is 1. The van der Waals surface area contributed by atoms with Crippen LogP contribution in [-0.4, -0.2) is 35.6 Å². The van der Waals surface area contributed by atoms with Gasteiger partial charge in [-0.2, -0.15) is 5.26 Å². The molecule has 0 aromatic heterocycles. The molecule has 40 heavy (non-hydrogen) atoms. The van der Waals surface area contributed by atoms with E-state index < -0.39 is 10.8 Å². The van der Waals surface area contributed by atoms with Crippen LogP contribution in [0.5, 0.6) is 0 Å². The van der Waals surface area contributed by atoms with Gasteiger partial charge in [-0.1, -0.05) is 60.1 Å². The van der Waals surface area contributed by atoms with Gasteiger partial charge in [-0.25, -0.2) is 5.43 Å². The molecule has 1 N–H and O–H groups in total.